The summed E-state index contributed by atoms with van der Waals surface area (Å²) >= 11 is 12.5. The van der Waals surface area contributed by atoms with Crippen LogP contribution in [0, 0.1) is 0 Å². The maximum Gasteiger partial charge on any atom is 0.195 e. The summed E-state index contributed by atoms with van der Waals surface area (Å²) in [5.41, 5.74) is 1.70. The van der Waals surface area contributed by atoms with Crippen LogP contribution < -0.4 is 0 Å². The number of hydrogen-bond acceptors (Lipinski definition) is 5. The fraction of sp³-hybridized carbons (Fsp3) is 0. The Kier molecular flexibility index (Phi) is 3.40. The zero-order valence-corrected chi connectivity index (χ0v) is 13.5. The molecule has 1 aliphatic carbocycles. The molecule has 0 aliphatic heterocycles. The Morgan fingerprint density at radius 2 is 1.54 bits per heavy atom. The highest BCUT2D eigenvalue weighted by Gasteiger charge is 2.34. The number of benzene rings is 2. The molecular formula is C17H7Cl2N3O2. The lowest BCUT2D eigenvalue weighted by Gasteiger charge is -2.21. The number of halogens is 2. The summed E-state index contributed by atoms with van der Waals surface area (Å²) in [5, 5.41) is 11.4. The first-order valence-corrected chi connectivity index (χ1v) is 7.70. The Balaban J connectivity index is 2.10. The van der Waals surface area contributed by atoms with Crippen LogP contribution in [0.2, 0.25) is 10.0 Å². The molecule has 0 N–H and O–H groups in total. The molecule has 0 atom stereocenters. The molecule has 116 valence electrons. The van der Waals surface area contributed by atoms with Gasteiger partial charge >= 0.3 is 0 Å². The molecule has 1 aliphatic rings. The lowest BCUT2D eigenvalue weighted by atomic mass is 9.81. The van der Waals surface area contributed by atoms with E-state index in [9.17, 15) is 9.59 Å². The summed E-state index contributed by atoms with van der Waals surface area (Å²) in [6.07, 6.45) is 1.43. The first-order valence-electron chi connectivity index (χ1n) is 6.94. The van der Waals surface area contributed by atoms with Crippen LogP contribution in [0.5, 0.6) is 0 Å². The summed E-state index contributed by atoms with van der Waals surface area (Å²) in [6.45, 7) is 0. The van der Waals surface area contributed by atoms with Gasteiger partial charge in [-0.05, 0) is 17.3 Å². The van der Waals surface area contributed by atoms with Gasteiger partial charge in [0, 0.05) is 27.8 Å². The second kappa shape index (κ2) is 5.47. The molecule has 0 fully saturated rings. The van der Waals surface area contributed by atoms with Crippen LogP contribution in [0.4, 0.5) is 0 Å². The van der Waals surface area contributed by atoms with Gasteiger partial charge in [-0.25, -0.2) is 0 Å². The van der Waals surface area contributed by atoms with Crippen molar-refractivity contribution >= 4 is 34.8 Å². The van der Waals surface area contributed by atoms with Gasteiger partial charge in [-0.15, -0.1) is 10.2 Å². The minimum absolute atomic E-state index is 0.149. The number of fused-ring (bicyclic) bond motifs is 2. The van der Waals surface area contributed by atoms with Crippen molar-refractivity contribution in [1.29, 1.82) is 0 Å². The molecule has 7 heteroatoms. The van der Waals surface area contributed by atoms with Crippen LogP contribution in [0.3, 0.4) is 0 Å². The summed E-state index contributed by atoms with van der Waals surface area (Å²) in [4.78, 5) is 25.8. The van der Waals surface area contributed by atoms with E-state index < -0.39 is 0 Å². The van der Waals surface area contributed by atoms with Crippen molar-refractivity contribution in [2.24, 2.45) is 0 Å². The van der Waals surface area contributed by atoms with Crippen LogP contribution in [0.1, 0.15) is 31.8 Å². The fourth-order valence-electron chi connectivity index (χ4n) is 2.81. The van der Waals surface area contributed by atoms with Crippen molar-refractivity contribution in [2.75, 3.05) is 0 Å². The third kappa shape index (κ3) is 2.06. The Labute approximate surface area is 146 Å². The zero-order chi connectivity index (χ0) is 16.8. The number of ketones is 2. The number of hydrogen-bond donors (Lipinski definition) is 0. The monoisotopic (exact) mass is 355 g/mol. The van der Waals surface area contributed by atoms with Crippen LogP contribution in [-0.4, -0.2) is 27.0 Å². The SMILES string of the molecule is O=C1c2ccccc2C(=O)c2c1cc(Cl)c(Cl)c2-c1ccnnn1. The first kappa shape index (κ1) is 14.9. The van der Waals surface area contributed by atoms with E-state index in [0.717, 1.165) is 0 Å². The van der Waals surface area contributed by atoms with Crippen molar-refractivity contribution in [3.8, 4) is 11.3 Å². The maximum atomic E-state index is 13.0. The van der Waals surface area contributed by atoms with E-state index in [-0.39, 0.29) is 32.7 Å². The number of nitrogens with zero attached hydrogens (tertiary/aromatic N) is 3. The lowest BCUT2D eigenvalue weighted by molar-refractivity contribution is 0.0979. The van der Waals surface area contributed by atoms with Crippen LogP contribution >= 0.6 is 23.2 Å². The van der Waals surface area contributed by atoms with Crippen molar-refractivity contribution in [3.05, 3.63) is 74.9 Å². The summed E-state index contributed by atoms with van der Waals surface area (Å²) in [5.74, 6) is -0.575. The van der Waals surface area contributed by atoms with Gasteiger partial charge in [0.1, 0.15) is 0 Å². The molecule has 5 nitrogen and oxygen atoms in total. The molecule has 3 aromatic rings. The third-order valence-corrected chi connectivity index (χ3v) is 4.65. The van der Waals surface area contributed by atoms with Crippen LogP contribution in [-0.2, 0) is 0 Å². The number of aromatic nitrogens is 3. The Hall–Kier alpha value is -2.63. The number of carbonyl (C=O) groups is 2. The second-order valence-corrected chi connectivity index (χ2v) is 5.96. The minimum Gasteiger partial charge on any atom is -0.289 e. The molecule has 0 saturated heterocycles. The fourth-order valence-corrected chi connectivity index (χ4v) is 3.26. The molecule has 1 heterocycles. The highest BCUT2D eigenvalue weighted by atomic mass is 35.5. The topological polar surface area (TPSA) is 72.8 Å². The highest BCUT2D eigenvalue weighted by Crippen LogP contribution is 2.41. The largest absolute Gasteiger partial charge is 0.289 e. The van der Waals surface area contributed by atoms with Gasteiger partial charge in [-0.3, -0.25) is 9.59 Å². The van der Waals surface area contributed by atoms with E-state index in [1.54, 1.807) is 30.3 Å². The molecule has 0 amide bonds. The van der Waals surface area contributed by atoms with Gasteiger partial charge in [0.15, 0.2) is 11.6 Å². The van der Waals surface area contributed by atoms with Crippen molar-refractivity contribution in [3.63, 3.8) is 0 Å². The molecular weight excluding hydrogens is 349 g/mol. The molecule has 0 spiro atoms. The smallest absolute Gasteiger partial charge is 0.195 e. The van der Waals surface area contributed by atoms with E-state index in [1.807, 2.05) is 0 Å². The Morgan fingerprint density at radius 3 is 2.21 bits per heavy atom. The molecule has 0 saturated carbocycles. The van der Waals surface area contributed by atoms with Crippen LogP contribution in [0.15, 0.2) is 42.6 Å². The van der Waals surface area contributed by atoms with E-state index in [4.69, 9.17) is 23.2 Å². The Bertz CT molecular complexity index is 1020. The molecule has 0 radical (unpaired) electrons. The van der Waals surface area contributed by atoms with E-state index in [0.29, 0.717) is 22.4 Å². The lowest BCUT2D eigenvalue weighted by Crippen LogP contribution is -2.22. The molecule has 0 bridgehead atoms. The van der Waals surface area contributed by atoms with Gasteiger partial charge in [0.25, 0.3) is 0 Å². The number of carbonyl (C=O) groups excluding carboxylic acids is 2. The summed E-state index contributed by atoms with van der Waals surface area (Å²) < 4.78 is 0. The molecule has 1 aromatic heterocycles. The van der Waals surface area contributed by atoms with Crippen molar-refractivity contribution in [1.82, 2.24) is 15.4 Å². The zero-order valence-electron chi connectivity index (χ0n) is 12.0. The van der Waals surface area contributed by atoms with Crippen molar-refractivity contribution < 1.29 is 9.59 Å². The highest BCUT2D eigenvalue weighted by molar-refractivity contribution is 6.45. The maximum absolute atomic E-state index is 13.0. The number of rotatable bonds is 1. The normalized spacial score (nSPS) is 12.8. The molecule has 24 heavy (non-hydrogen) atoms. The summed E-state index contributed by atoms with van der Waals surface area (Å²) in [7, 11) is 0. The molecule has 2 aromatic carbocycles. The van der Waals surface area contributed by atoms with Gasteiger partial charge < -0.3 is 0 Å². The van der Waals surface area contributed by atoms with E-state index in [1.165, 1.54) is 12.3 Å². The van der Waals surface area contributed by atoms with Crippen LogP contribution in [0.25, 0.3) is 11.3 Å². The predicted octanol–water partition coefficient (Wildman–Crippen LogP) is 3.62. The Morgan fingerprint density at radius 1 is 0.833 bits per heavy atom. The molecule has 4 rings (SSSR count). The minimum atomic E-state index is -0.299. The van der Waals surface area contributed by atoms with E-state index in [2.05, 4.69) is 15.4 Å². The van der Waals surface area contributed by atoms with Gasteiger partial charge in [0.2, 0.25) is 0 Å². The first-order chi connectivity index (χ1) is 11.6. The van der Waals surface area contributed by atoms with Gasteiger partial charge in [0.05, 0.1) is 21.9 Å². The van der Waals surface area contributed by atoms with Gasteiger partial charge in [-0.2, -0.15) is 0 Å². The average molecular weight is 356 g/mol. The van der Waals surface area contributed by atoms with Gasteiger partial charge in [-0.1, -0.05) is 47.5 Å². The van der Waals surface area contributed by atoms with E-state index >= 15 is 0 Å². The third-order valence-electron chi connectivity index (χ3n) is 3.87. The second-order valence-electron chi connectivity index (χ2n) is 5.18. The predicted molar refractivity (Wildman–Crippen MR) is 88.6 cm³/mol. The molecule has 0 unspecified atom stereocenters. The quantitative estimate of drug-likeness (QED) is 0.521. The standard InChI is InChI=1S/C17H7Cl2N3O2/c18-11-7-10-13(14(15(11)19)12-5-6-20-22-21-12)17(24)9-4-2-1-3-8(9)16(10)23/h1-7H. The summed E-state index contributed by atoms with van der Waals surface area (Å²) in [6, 6.07) is 9.63. The van der Waals surface area contributed by atoms with Crippen molar-refractivity contribution in [2.45, 2.75) is 0 Å². The average Bonchev–Trinajstić information content (AvgIpc) is 2.62.